The van der Waals surface area contributed by atoms with Crippen molar-refractivity contribution in [3.8, 4) is 0 Å². The van der Waals surface area contributed by atoms with Crippen LogP contribution >= 0.6 is 0 Å². The number of nitrogens with zero attached hydrogens (tertiary/aromatic N) is 2. The molecular weight excluding hydrogens is 264 g/mol. The number of rotatable bonds is 4. The molecule has 3 rings (SSSR count). The van der Waals surface area contributed by atoms with Crippen LogP contribution in [-0.2, 0) is 31.1 Å². The van der Waals surface area contributed by atoms with Crippen LogP contribution in [-0.4, -0.2) is 20.6 Å². The lowest BCUT2D eigenvalue weighted by Crippen LogP contribution is -2.37. The first kappa shape index (κ1) is 13.9. The number of aliphatic carboxylic acids is 1. The average Bonchev–Trinajstić information content (AvgIpc) is 2.90. The fourth-order valence-corrected chi connectivity index (χ4v) is 3.29. The van der Waals surface area contributed by atoms with Crippen molar-refractivity contribution in [2.45, 2.75) is 32.1 Å². The highest BCUT2D eigenvalue weighted by atomic mass is 16.4. The van der Waals surface area contributed by atoms with Gasteiger partial charge in [0, 0.05) is 25.9 Å². The molecule has 4 heteroatoms. The van der Waals surface area contributed by atoms with Crippen molar-refractivity contribution in [2.75, 3.05) is 0 Å². The Labute approximate surface area is 124 Å². The Morgan fingerprint density at radius 2 is 2.14 bits per heavy atom. The maximum Gasteiger partial charge on any atom is 0.309 e. The number of benzene rings is 1. The summed E-state index contributed by atoms with van der Waals surface area (Å²) < 4.78 is 1.96. The van der Waals surface area contributed by atoms with Gasteiger partial charge < -0.3 is 9.67 Å². The van der Waals surface area contributed by atoms with E-state index in [1.165, 1.54) is 11.1 Å². The lowest BCUT2D eigenvalue weighted by atomic mass is 9.69. The number of hydrogen-bond donors (Lipinski definition) is 1. The number of carboxylic acids is 1. The van der Waals surface area contributed by atoms with Gasteiger partial charge in [-0.2, -0.15) is 0 Å². The minimum atomic E-state index is -0.675. The molecule has 1 aromatic heterocycles. The summed E-state index contributed by atoms with van der Waals surface area (Å²) in [6.07, 6.45) is 7.20. The van der Waals surface area contributed by atoms with E-state index in [1.54, 1.807) is 6.20 Å². The Kier molecular flexibility index (Phi) is 3.53. The summed E-state index contributed by atoms with van der Waals surface area (Å²) in [4.78, 5) is 16.2. The first-order valence-corrected chi connectivity index (χ1v) is 7.37. The van der Waals surface area contributed by atoms with Crippen LogP contribution in [0.25, 0.3) is 0 Å². The highest BCUT2D eigenvalue weighted by Crippen LogP contribution is 2.39. The molecular formula is C17H20N2O2. The maximum absolute atomic E-state index is 11.9. The molecule has 0 aliphatic heterocycles. The molecule has 1 aromatic carbocycles. The zero-order valence-corrected chi connectivity index (χ0v) is 12.2. The molecule has 0 spiro atoms. The van der Waals surface area contributed by atoms with Crippen LogP contribution in [0.4, 0.5) is 0 Å². The third-order valence-corrected chi connectivity index (χ3v) is 4.72. The number of carbonyl (C=O) groups is 1. The van der Waals surface area contributed by atoms with E-state index in [0.717, 1.165) is 12.2 Å². The molecule has 0 radical (unpaired) electrons. The largest absolute Gasteiger partial charge is 0.481 e. The van der Waals surface area contributed by atoms with Crippen molar-refractivity contribution < 1.29 is 9.90 Å². The van der Waals surface area contributed by atoms with Gasteiger partial charge in [-0.05, 0) is 36.8 Å². The van der Waals surface area contributed by atoms with Gasteiger partial charge in [-0.1, -0.05) is 24.3 Å². The van der Waals surface area contributed by atoms with E-state index in [4.69, 9.17) is 0 Å². The summed E-state index contributed by atoms with van der Waals surface area (Å²) >= 11 is 0. The maximum atomic E-state index is 11.9. The van der Waals surface area contributed by atoms with Crippen LogP contribution in [0.15, 0.2) is 36.7 Å². The zero-order chi connectivity index (χ0) is 14.9. The number of aryl methyl sites for hydroxylation is 3. The topological polar surface area (TPSA) is 55.1 Å². The van der Waals surface area contributed by atoms with Gasteiger partial charge in [-0.3, -0.25) is 4.79 Å². The quantitative estimate of drug-likeness (QED) is 0.939. The van der Waals surface area contributed by atoms with Gasteiger partial charge in [0.2, 0.25) is 0 Å². The van der Waals surface area contributed by atoms with Gasteiger partial charge in [0.1, 0.15) is 5.82 Å². The first-order chi connectivity index (χ1) is 10.1. The number of aromatic nitrogens is 2. The standard InChI is InChI=1S/C17H20N2O2/c1-19-11-10-18-15(19)7-9-17(16(20)21)8-6-13-4-2-3-5-14(13)12-17/h2-5,10-11H,6-9,12H2,1H3,(H,20,21). The fraction of sp³-hybridized carbons (Fsp3) is 0.412. The van der Waals surface area contributed by atoms with Gasteiger partial charge in [0.15, 0.2) is 0 Å². The lowest BCUT2D eigenvalue weighted by Gasteiger charge is -2.34. The van der Waals surface area contributed by atoms with Gasteiger partial charge >= 0.3 is 5.97 Å². The number of carboxylic acid groups (broad SMARTS) is 1. The molecule has 0 bridgehead atoms. The Balaban J connectivity index is 1.82. The molecule has 4 nitrogen and oxygen atoms in total. The van der Waals surface area contributed by atoms with Crippen LogP contribution in [0.2, 0.25) is 0 Å². The Hall–Kier alpha value is -2.10. The van der Waals surface area contributed by atoms with Gasteiger partial charge in [0.25, 0.3) is 0 Å². The Bertz CT molecular complexity index is 662. The van der Waals surface area contributed by atoms with Crippen molar-refractivity contribution in [1.82, 2.24) is 9.55 Å². The lowest BCUT2D eigenvalue weighted by molar-refractivity contribution is -0.150. The highest BCUT2D eigenvalue weighted by molar-refractivity contribution is 5.75. The van der Waals surface area contributed by atoms with Gasteiger partial charge in [0.05, 0.1) is 5.41 Å². The predicted molar refractivity (Wildman–Crippen MR) is 80.1 cm³/mol. The van der Waals surface area contributed by atoms with Crippen LogP contribution < -0.4 is 0 Å². The summed E-state index contributed by atoms with van der Waals surface area (Å²) in [5, 5.41) is 9.79. The van der Waals surface area contributed by atoms with E-state index in [0.29, 0.717) is 25.7 Å². The number of imidazole rings is 1. The molecule has 1 aliphatic carbocycles. The van der Waals surface area contributed by atoms with Crippen molar-refractivity contribution >= 4 is 5.97 Å². The molecule has 1 aliphatic rings. The van der Waals surface area contributed by atoms with Gasteiger partial charge in [-0.15, -0.1) is 0 Å². The van der Waals surface area contributed by atoms with Crippen molar-refractivity contribution in [2.24, 2.45) is 12.5 Å². The third kappa shape index (κ3) is 2.58. The molecule has 1 N–H and O–H groups in total. The summed E-state index contributed by atoms with van der Waals surface area (Å²) in [6.45, 7) is 0. The van der Waals surface area contributed by atoms with Gasteiger partial charge in [-0.25, -0.2) is 4.98 Å². The minimum Gasteiger partial charge on any atom is -0.481 e. The highest BCUT2D eigenvalue weighted by Gasteiger charge is 2.41. The molecule has 0 fully saturated rings. The molecule has 0 saturated carbocycles. The second kappa shape index (κ2) is 5.35. The zero-order valence-electron chi connectivity index (χ0n) is 12.2. The predicted octanol–water partition coefficient (Wildman–Crippen LogP) is 2.61. The molecule has 0 amide bonds. The third-order valence-electron chi connectivity index (χ3n) is 4.72. The molecule has 1 heterocycles. The van der Waals surface area contributed by atoms with E-state index < -0.39 is 11.4 Å². The Morgan fingerprint density at radius 1 is 1.38 bits per heavy atom. The normalized spacial score (nSPS) is 21.0. The fourth-order valence-electron chi connectivity index (χ4n) is 3.29. The smallest absolute Gasteiger partial charge is 0.309 e. The molecule has 1 atom stereocenters. The second-order valence-electron chi connectivity index (χ2n) is 5.99. The molecule has 0 saturated heterocycles. The molecule has 2 aromatic rings. The summed E-state index contributed by atoms with van der Waals surface area (Å²) in [5.74, 6) is 0.278. The monoisotopic (exact) mass is 284 g/mol. The molecule has 21 heavy (non-hydrogen) atoms. The Morgan fingerprint density at radius 3 is 2.81 bits per heavy atom. The van der Waals surface area contributed by atoms with Crippen molar-refractivity contribution in [3.63, 3.8) is 0 Å². The summed E-state index contributed by atoms with van der Waals surface area (Å²) in [5.41, 5.74) is 1.83. The number of hydrogen-bond acceptors (Lipinski definition) is 2. The SMILES string of the molecule is Cn1ccnc1CCC1(C(=O)O)CCc2ccccc2C1. The minimum absolute atomic E-state index is 0.628. The van der Waals surface area contributed by atoms with Crippen LogP contribution in [0.5, 0.6) is 0 Å². The molecule has 110 valence electrons. The van der Waals surface area contributed by atoms with Crippen LogP contribution in [0.1, 0.15) is 29.8 Å². The van der Waals surface area contributed by atoms with Crippen LogP contribution in [0.3, 0.4) is 0 Å². The van der Waals surface area contributed by atoms with E-state index in [2.05, 4.69) is 17.1 Å². The van der Waals surface area contributed by atoms with Crippen LogP contribution in [0, 0.1) is 5.41 Å². The van der Waals surface area contributed by atoms with E-state index >= 15 is 0 Å². The second-order valence-corrected chi connectivity index (χ2v) is 5.99. The first-order valence-electron chi connectivity index (χ1n) is 7.37. The molecule has 1 unspecified atom stereocenters. The van der Waals surface area contributed by atoms with E-state index in [-0.39, 0.29) is 0 Å². The number of fused-ring (bicyclic) bond motifs is 1. The van der Waals surface area contributed by atoms with E-state index in [9.17, 15) is 9.90 Å². The van der Waals surface area contributed by atoms with E-state index in [1.807, 2.05) is 29.9 Å². The summed E-state index contributed by atoms with van der Waals surface area (Å²) in [6, 6.07) is 8.20. The average molecular weight is 284 g/mol. The van der Waals surface area contributed by atoms with Crippen molar-refractivity contribution in [3.05, 3.63) is 53.6 Å². The van der Waals surface area contributed by atoms with Crippen molar-refractivity contribution in [1.29, 1.82) is 0 Å². The summed E-state index contributed by atoms with van der Waals surface area (Å²) in [7, 11) is 1.95.